The summed E-state index contributed by atoms with van der Waals surface area (Å²) in [7, 11) is 1.56. The number of rotatable bonds is 7. The molecule has 0 atom stereocenters. The number of aliphatic hydroxyl groups is 1. The van der Waals surface area contributed by atoms with Gasteiger partial charge in [0.2, 0.25) is 5.75 Å². The Morgan fingerprint density at radius 3 is 2.64 bits per heavy atom. The van der Waals surface area contributed by atoms with E-state index in [0.717, 1.165) is 11.0 Å². The van der Waals surface area contributed by atoms with Gasteiger partial charge < -0.3 is 23.4 Å². The summed E-state index contributed by atoms with van der Waals surface area (Å²) in [5.74, 6) is 0.933. The normalized spacial score (nSPS) is 13.0. The second-order valence-electron chi connectivity index (χ2n) is 7.14. The topological polar surface area (TPSA) is 82.0 Å². The van der Waals surface area contributed by atoms with Crippen molar-refractivity contribution in [3.63, 3.8) is 0 Å². The van der Waals surface area contributed by atoms with Crippen molar-refractivity contribution in [2.75, 3.05) is 13.7 Å². The summed E-state index contributed by atoms with van der Waals surface area (Å²) in [6, 6.07) is 4.79. The molecule has 0 radical (unpaired) electrons. The molecule has 1 N–H and O–H groups in total. The predicted octanol–water partition coefficient (Wildman–Crippen LogP) is 4.59. The molecule has 0 fully saturated rings. The van der Waals surface area contributed by atoms with Gasteiger partial charge >= 0.3 is 5.63 Å². The average molecular weight is 384 g/mol. The Morgan fingerprint density at radius 2 is 1.93 bits per heavy atom. The third-order valence-corrected chi connectivity index (χ3v) is 4.23. The Morgan fingerprint density at radius 1 is 1.18 bits per heavy atom. The van der Waals surface area contributed by atoms with E-state index >= 15 is 0 Å². The molecule has 28 heavy (non-hydrogen) atoms. The Kier molecular flexibility index (Phi) is 5.61. The molecule has 1 aromatic carbocycles. The highest BCUT2D eigenvalue weighted by molar-refractivity contribution is 6.06. The van der Waals surface area contributed by atoms with Crippen molar-refractivity contribution in [3.8, 4) is 11.5 Å². The molecule has 0 aliphatic carbocycles. The van der Waals surface area contributed by atoms with Crippen LogP contribution in [0.5, 0.6) is 11.5 Å². The van der Waals surface area contributed by atoms with E-state index in [-0.39, 0.29) is 6.61 Å². The summed E-state index contributed by atoms with van der Waals surface area (Å²) in [5.41, 5.74) is 0.525. The lowest BCUT2D eigenvalue weighted by atomic mass is 10.1. The van der Waals surface area contributed by atoms with Gasteiger partial charge in [0.15, 0.2) is 11.2 Å². The molecule has 0 aliphatic rings. The van der Waals surface area contributed by atoms with Crippen molar-refractivity contribution in [3.05, 3.63) is 58.7 Å². The van der Waals surface area contributed by atoms with Crippen LogP contribution in [0, 0.1) is 0 Å². The Bertz CT molecular complexity index is 1090. The standard InChI is InChI=1S/C22H24O6/c1-14(6-5-11-22(2,3)24)9-12-27-21-19-16(10-13-26-19)18(25-4)15-7-8-17(23)28-20(15)21/h5,7-11,13,24H,6,12H2,1-4H3/b11-5+,14-9+. The first-order valence-corrected chi connectivity index (χ1v) is 8.99. The molecule has 0 spiro atoms. The average Bonchev–Trinajstić information content (AvgIpc) is 3.09. The lowest BCUT2D eigenvalue weighted by molar-refractivity contribution is 0.133. The van der Waals surface area contributed by atoms with Crippen molar-refractivity contribution in [1.82, 2.24) is 0 Å². The molecule has 6 heteroatoms. The number of benzene rings is 1. The molecule has 2 heterocycles. The summed E-state index contributed by atoms with van der Waals surface area (Å²) in [5, 5.41) is 11.1. The van der Waals surface area contributed by atoms with E-state index in [1.807, 2.05) is 19.1 Å². The van der Waals surface area contributed by atoms with E-state index < -0.39 is 11.2 Å². The summed E-state index contributed by atoms with van der Waals surface area (Å²) in [6.07, 6.45) is 7.84. The molecule has 3 rings (SSSR count). The van der Waals surface area contributed by atoms with Crippen LogP contribution in [0.15, 0.2) is 61.9 Å². The van der Waals surface area contributed by atoms with E-state index in [1.54, 1.807) is 45.4 Å². The molecular weight excluding hydrogens is 360 g/mol. The van der Waals surface area contributed by atoms with Crippen LogP contribution in [-0.4, -0.2) is 24.4 Å². The fraction of sp³-hybridized carbons (Fsp3) is 0.318. The number of hydrogen-bond acceptors (Lipinski definition) is 6. The van der Waals surface area contributed by atoms with Gasteiger partial charge in [0.25, 0.3) is 0 Å². The fourth-order valence-electron chi connectivity index (χ4n) is 2.91. The Balaban J connectivity index is 1.91. The minimum Gasteiger partial charge on any atom is -0.495 e. The molecule has 0 aliphatic heterocycles. The first-order chi connectivity index (χ1) is 13.3. The van der Waals surface area contributed by atoms with E-state index in [2.05, 4.69) is 0 Å². The minimum atomic E-state index is -0.832. The summed E-state index contributed by atoms with van der Waals surface area (Å²) in [4.78, 5) is 11.8. The van der Waals surface area contributed by atoms with E-state index in [1.165, 1.54) is 6.07 Å². The zero-order valence-corrected chi connectivity index (χ0v) is 16.4. The zero-order valence-electron chi connectivity index (χ0n) is 16.4. The maximum Gasteiger partial charge on any atom is 0.336 e. The van der Waals surface area contributed by atoms with Gasteiger partial charge in [-0.05, 0) is 45.4 Å². The van der Waals surface area contributed by atoms with Gasteiger partial charge in [-0.15, -0.1) is 0 Å². The second-order valence-corrected chi connectivity index (χ2v) is 7.14. The van der Waals surface area contributed by atoms with Crippen LogP contribution >= 0.6 is 0 Å². The highest BCUT2D eigenvalue weighted by Crippen LogP contribution is 2.42. The van der Waals surface area contributed by atoms with Crippen molar-refractivity contribution in [2.45, 2.75) is 32.8 Å². The number of methoxy groups -OCH3 is 1. The molecule has 0 saturated heterocycles. The maximum absolute atomic E-state index is 11.8. The smallest absolute Gasteiger partial charge is 0.336 e. The number of hydrogen-bond donors (Lipinski definition) is 1. The quantitative estimate of drug-likeness (QED) is 0.474. The molecule has 148 valence electrons. The molecule has 2 aromatic heterocycles. The van der Waals surface area contributed by atoms with E-state index in [9.17, 15) is 9.90 Å². The molecule has 0 unspecified atom stereocenters. The fourth-order valence-corrected chi connectivity index (χ4v) is 2.91. The highest BCUT2D eigenvalue weighted by atomic mass is 16.5. The van der Waals surface area contributed by atoms with Crippen molar-refractivity contribution >= 4 is 21.9 Å². The van der Waals surface area contributed by atoms with E-state index in [4.69, 9.17) is 18.3 Å². The Hall–Kier alpha value is -2.99. The first-order valence-electron chi connectivity index (χ1n) is 8.99. The largest absolute Gasteiger partial charge is 0.495 e. The zero-order chi connectivity index (χ0) is 20.3. The van der Waals surface area contributed by atoms with Gasteiger partial charge in [0.05, 0.1) is 29.7 Å². The van der Waals surface area contributed by atoms with Gasteiger partial charge in [0, 0.05) is 6.07 Å². The number of fused-ring (bicyclic) bond motifs is 2. The SMILES string of the molecule is COc1c2ccoc2c(OC/C=C(\C)C/C=C/C(C)(C)O)c2oc(=O)ccc12. The van der Waals surface area contributed by atoms with Crippen LogP contribution in [0.3, 0.4) is 0 Å². The third-order valence-electron chi connectivity index (χ3n) is 4.23. The summed E-state index contributed by atoms with van der Waals surface area (Å²) < 4.78 is 22.4. The van der Waals surface area contributed by atoms with Crippen LogP contribution in [0.25, 0.3) is 21.9 Å². The molecular formula is C22H24O6. The maximum atomic E-state index is 11.8. The molecule has 0 bridgehead atoms. The number of allylic oxidation sites excluding steroid dienone is 2. The molecule has 0 amide bonds. The van der Waals surface area contributed by atoms with Gasteiger partial charge in [-0.3, -0.25) is 0 Å². The first kappa shape index (κ1) is 19.8. The van der Waals surface area contributed by atoms with Gasteiger partial charge in [-0.25, -0.2) is 4.79 Å². The van der Waals surface area contributed by atoms with Gasteiger partial charge in [-0.1, -0.05) is 17.7 Å². The highest BCUT2D eigenvalue weighted by Gasteiger charge is 2.20. The molecule has 0 saturated carbocycles. The third kappa shape index (κ3) is 4.28. The van der Waals surface area contributed by atoms with Gasteiger partial charge in [-0.2, -0.15) is 0 Å². The summed E-state index contributed by atoms with van der Waals surface area (Å²) in [6.45, 7) is 5.70. The van der Waals surface area contributed by atoms with Crippen LogP contribution in [0.2, 0.25) is 0 Å². The number of ether oxygens (including phenoxy) is 2. The molecule has 3 aromatic rings. The van der Waals surface area contributed by atoms with Crippen molar-refractivity contribution in [1.29, 1.82) is 0 Å². The minimum absolute atomic E-state index is 0.276. The van der Waals surface area contributed by atoms with Gasteiger partial charge in [0.1, 0.15) is 12.4 Å². The monoisotopic (exact) mass is 384 g/mol. The molecule has 6 nitrogen and oxygen atoms in total. The Labute approximate surface area is 162 Å². The van der Waals surface area contributed by atoms with Crippen LogP contribution < -0.4 is 15.1 Å². The second kappa shape index (κ2) is 7.94. The predicted molar refractivity (Wildman–Crippen MR) is 108 cm³/mol. The van der Waals surface area contributed by atoms with Crippen molar-refractivity contribution in [2.24, 2.45) is 0 Å². The van der Waals surface area contributed by atoms with Crippen LogP contribution in [0.4, 0.5) is 0 Å². The van der Waals surface area contributed by atoms with E-state index in [0.29, 0.717) is 34.5 Å². The lowest BCUT2D eigenvalue weighted by Gasteiger charge is -2.11. The van der Waals surface area contributed by atoms with Crippen LogP contribution in [-0.2, 0) is 0 Å². The lowest BCUT2D eigenvalue weighted by Crippen LogP contribution is -2.13. The summed E-state index contributed by atoms with van der Waals surface area (Å²) >= 11 is 0. The number of furan rings is 1. The van der Waals surface area contributed by atoms with Crippen LogP contribution in [0.1, 0.15) is 27.2 Å². The van der Waals surface area contributed by atoms with Crippen molar-refractivity contribution < 1.29 is 23.4 Å².